The number of esters is 1. The number of rotatable bonds is 35. The van der Waals surface area contributed by atoms with Crippen molar-refractivity contribution in [1.29, 1.82) is 0 Å². The van der Waals surface area contributed by atoms with Gasteiger partial charge in [-0.1, -0.05) is 135 Å². The number of carbonyl (C=O) groups is 1. The number of phosphoric ester groups is 1. The summed E-state index contributed by atoms with van der Waals surface area (Å²) in [5, 5.41) is 0. The summed E-state index contributed by atoms with van der Waals surface area (Å²) in [5.41, 5.74) is 0. The number of hydrogen-bond donors (Lipinski definition) is 1. The topological polar surface area (TPSA) is 91.3 Å². The summed E-state index contributed by atoms with van der Waals surface area (Å²) in [6.07, 6.45) is 30.9. The van der Waals surface area contributed by atoms with Gasteiger partial charge in [-0.25, -0.2) is 4.57 Å². The molecule has 0 rings (SSSR count). The van der Waals surface area contributed by atoms with E-state index < -0.39 is 13.9 Å². The van der Waals surface area contributed by atoms with Crippen LogP contribution in [0.15, 0.2) is 12.2 Å². The first-order valence-corrected chi connectivity index (χ1v) is 20.4. The van der Waals surface area contributed by atoms with Gasteiger partial charge in [-0.2, -0.15) is 0 Å². The number of carbonyl (C=O) groups excluding carboxylic acids is 1. The number of nitrogens with zero attached hydrogens (tertiary/aromatic N) is 1. The molecule has 0 heterocycles. The minimum atomic E-state index is -4.26. The SMILES string of the molecule is CCC/C=C\CCCCCCCC(=O)OC(COCCCCCCCCCCCCCCCC)COP(=O)(O)OCC[N+](C)(C)C. The van der Waals surface area contributed by atoms with Gasteiger partial charge >= 0.3 is 13.8 Å². The van der Waals surface area contributed by atoms with E-state index in [9.17, 15) is 14.3 Å². The fourth-order valence-electron chi connectivity index (χ4n) is 5.08. The Bertz CT molecular complexity index is 756. The first kappa shape index (κ1) is 45.2. The van der Waals surface area contributed by atoms with Gasteiger partial charge in [-0.3, -0.25) is 13.8 Å². The van der Waals surface area contributed by atoms with Gasteiger partial charge in [0, 0.05) is 13.0 Å². The lowest BCUT2D eigenvalue weighted by atomic mass is 10.0. The molecule has 0 aromatic heterocycles. The Morgan fingerprint density at radius 3 is 1.74 bits per heavy atom. The number of likely N-dealkylation sites (N-methyl/N-ethyl adjacent to an activating group) is 1. The van der Waals surface area contributed by atoms with Crippen molar-refractivity contribution in [3.8, 4) is 0 Å². The molecule has 0 saturated heterocycles. The molecule has 46 heavy (non-hydrogen) atoms. The van der Waals surface area contributed by atoms with Gasteiger partial charge in [0.15, 0.2) is 0 Å². The Balaban J connectivity index is 4.27. The second kappa shape index (κ2) is 31.5. The molecule has 9 heteroatoms. The van der Waals surface area contributed by atoms with Crippen molar-refractivity contribution in [2.24, 2.45) is 0 Å². The van der Waals surface area contributed by atoms with Gasteiger partial charge in [-0.05, 0) is 32.1 Å². The number of hydrogen-bond acceptors (Lipinski definition) is 6. The lowest BCUT2D eigenvalue weighted by molar-refractivity contribution is -0.870. The molecule has 0 radical (unpaired) electrons. The maximum Gasteiger partial charge on any atom is 0.472 e. The van der Waals surface area contributed by atoms with Crippen LogP contribution in [0.4, 0.5) is 0 Å². The Labute approximate surface area is 284 Å². The van der Waals surface area contributed by atoms with E-state index >= 15 is 0 Å². The number of allylic oxidation sites excluding steroid dienone is 2. The Morgan fingerprint density at radius 1 is 0.652 bits per heavy atom. The van der Waals surface area contributed by atoms with Gasteiger partial charge in [0.1, 0.15) is 19.3 Å². The number of quaternary nitrogens is 1. The molecule has 1 N–H and O–H groups in total. The quantitative estimate of drug-likeness (QED) is 0.0235. The molecular formula is C37H75NO7P+. The molecule has 0 aromatic carbocycles. The third kappa shape index (κ3) is 34.6. The van der Waals surface area contributed by atoms with Crippen LogP contribution < -0.4 is 0 Å². The largest absolute Gasteiger partial charge is 0.472 e. The summed E-state index contributed by atoms with van der Waals surface area (Å²) in [6, 6.07) is 0. The van der Waals surface area contributed by atoms with Crippen molar-refractivity contribution >= 4 is 13.8 Å². The van der Waals surface area contributed by atoms with Crippen molar-refractivity contribution in [3.63, 3.8) is 0 Å². The van der Waals surface area contributed by atoms with Gasteiger partial charge in [0.2, 0.25) is 0 Å². The van der Waals surface area contributed by atoms with Crippen LogP contribution in [0.25, 0.3) is 0 Å². The Hall–Kier alpha value is -0.760. The smallest absolute Gasteiger partial charge is 0.457 e. The van der Waals surface area contributed by atoms with Crippen molar-refractivity contribution in [2.75, 3.05) is 54.1 Å². The molecule has 0 fully saturated rings. The minimum absolute atomic E-state index is 0.0897. The summed E-state index contributed by atoms with van der Waals surface area (Å²) in [6.45, 7) is 5.56. The van der Waals surface area contributed by atoms with E-state index in [1.807, 2.05) is 21.1 Å². The molecule has 0 bridgehead atoms. The average Bonchev–Trinajstić information content (AvgIpc) is 2.99. The van der Waals surface area contributed by atoms with Crippen LogP contribution in [0.1, 0.15) is 162 Å². The molecule has 0 aliphatic heterocycles. The first-order valence-electron chi connectivity index (χ1n) is 18.9. The van der Waals surface area contributed by atoms with Crippen LogP contribution in [0.5, 0.6) is 0 Å². The van der Waals surface area contributed by atoms with E-state index in [0.29, 0.717) is 24.1 Å². The number of ether oxygens (including phenoxy) is 2. The van der Waals surface area contributed by atoms with Crippen LogP contribution in [0, 0.1) is 0 Å². The molecule has 0 spiro atoms. The molecule has 2 unspecified atom stereocenters. The number of unbranched alkanes of at least 4 members (excludes halogenated alkanes) is 19. The minimum Gasteiger partial charge on any atom is -0.457 e. The van der Waals surface area contributed by atoms with Crippen LogP contribution in [0.2, 0.25) is 0 Å². The van der Waals surface area contributed by atoms with E-state index in [2.05, 4.69) is 26.0 Å². The van der Waals surface area contributed by atoms with Crippen molar-refractivity contribution in [1.82, 2.24) is 0 Å². The van der Waals surface area contributed by atoms with E-state index in [1.165, 1.54) is 89.9 Å². The van der Waals surface area contributed by atoms with Gasteiger partial charge < -0.3 is 18.9 Å². The molecule has 274 valence electrons. The summed E-state index contributed by atoms with van der Waals surface area (Å²) in [4.78, 5) is 22.7. The lowest BCUT2D eigenvalue weighted by Crippen LogP contribution is -2.37. The lowest BCUT2D eigenvalue weighted by Gasteiger charge is -2.24. The van der Waals surface area contributed by atoms with Crippen LogP contribution in [0.3, 0.4) is 0 Å². The molecule has 0 saturated carbocycles. The van der Waals surface area contributed by atoms with E-state index in [-0.39, 0.29) is 25.8 Å². The highest BCUT2D eigenvalue weighted by molar-refractivity contribution is 7.47. The summed E-state index contributed by atoms with van der Waals surface area (Å²) >= 11 is 0. The zero-order valence-electron chi connectivity index (χ0n) is 30.8. The molecule has 0 aliphatic rings. The first-order chi connectivity index (χ1) is 22.1. The van der Waals surface area contributed by atoms with E-state index in [1.54, 1.807) is 0 Å². The summed E-state index contributed by atoms with van der Waals surface area (Å²) in [7, 11) is 1.67. The predicted octanol–water partition coefficient (Wildman–Crippen LogP) is 10.3. The third-order valence-corrected chi connectivity index (χ3v) is 9.04. The highest BCUT2D eigenvalue weighted by Crippen LogP contribution is 2.43. The van der Waals surface area contributed by atoms with Gasteiger partial charge in [0.25, 0.3) is 0 Å². The van der Waals surface area contributed by atoms with Gasteiger partial charge in [0.05, 0.1) is 34.4 Å². The molecule has 0 aromatic rings. The second-order valence-electron chi connectivity index (χ2n) is 14.0. The van der Waals surface area contributed by atoms with Crippen LogP contribution in [-0.2, 0) is 27.9 Å². The standard InChI is InChI=1S/C37H74NO7P/c1-6-8-10-12-14-16-18-19-20-21-23-25-27-29-32-42-34-36(35-44-46(40,41)43-33-31-38(3,4)5)45-37(39)30-28-26-24-22-17-15-13-11-9-7-2/h11,13,36H,6-10,12,14-35H2,1-5H3/p+1/b13-11-. The zero-order chi connectivity index (χ0) is 34.2. The van der Waals surface area contributed by atoms with Crippen LogP contribution in [-0.4, -0.2) is 75.6 Å². The Kier molecular flexibility index (Phi) is 31.0. The van der Waals surface area contributed by atoms with E-state index in [4.69, 9.17) is 18.5 Å². The van der Waals surface area contributed by atoms with Crippen molar-refractivity contribution in [3.05, 3.63) is 12.2 Å². The average molecular weight is 677 g/mol. The fourth-order valence-corrected chi connectivity index (χ4v) is 5.82. The normalized spacial score (nSPS) is 14.1. The molecule has 2 atom stereocenters. The monoisotopic (exact) mass is 677 g/mol. The van der Waals surface area contributed by atoms with Gasteiger partial charge in [-0.15, -0.1) is 0 Å². The highest BCUT2D eigenvalue weighted by Gasteiger charge is 2.26. The third-order valence-electron chi connectivity index (χ3n) is 8.06. The molecule has 8 nitrogen and oxygen atoms in total. The summed E-state index contributed by atoms with van der Waals surface area (Å²) in [5.74, 6) is -0.324. The fraction of sp³-hybridized carbons (Fsp3) is 0.919. The van der Waals surface area contributed by atoms with Crippen LogP contribution >= 0.6 is 7.82 Å². The molecule has 0 amide bonds. The summed E-state index contributed by atoms with van der Waals surface area (Å²) < 4.78 is 34.8. The second-order valence-corrected chi connectivity index (χ2v) is 15.4. The molecular weight excluding hydrogens is 601 g/mol. The highest BCUT2D eigenvalue weighted by atomic mass is 31.2. The number of phosphoric acid groups is 1. The van der Waals surface area contributed by atoms with Crippen molar-refractivity contribution in [2.45, 2.75) is 168 Å². The molecule has 0 aliphatic carbocycles. The van der Waals surface area contributed by atoms with E-state index in [0.717, 1.165) is 51.4 Å². The Morgan fingerprint density at radius 2 is 1.17 bits per heavy atom. The predicted molar refractivity (Wildman–Crippen MR) is 192 cm³/mol. The maximum absolute atomic E-state index is 12.6. The maximum atomic E-state index is 12.6. The van der Waals surface area contributed by atoms with Crippen molar-refractivity contribution < 1.29 is 37.3 Å². The zero-order valence-corrected chi connectivity index (χ0v) is 31.7.